The number of amides is 1. The predicted octanol–water partition coefficient (Wildman–Crippen LogP) is 5.67. The van der Waals surface area contributed by atoms with E-state index in [1.807, 2.05) is 12.1 Å². The molecule has 1 aromatic heterocycles. The highest BCUT2D eigenvalue weighted by Crippen LogP contribution is 2.45. The number of methoxy groups -OCH3 is 1. The van der Waals surface area contributed by atoms with E-state index in [2.05, 4.69) is 10.2 Å². The van der Waals surface area contributed by atoms with Crippen LogP contribution in [-0.4, -0.2) is 53.3 Å². The minimum absolute atomic E-state index is 0.141. The molecule has 10 nitrogen and oxygen atoms in total. The zero-order valence-electron chi connectivity index (χ0n) is 22.5. The van der Waals surface area contributed by atoms with Gasteiger partial charge in [0.25, 0.3) is 5.78 Å². The first kappa shape index (κ1) is 28.7. The maximum atomic E-state index is 13.5. The molecule has 2 aliphatic rings. The Bertz CT molecular complexity index is 1760. The van der Waals surface area contributed by atoms with Gasteiger partial charge in [-0.05, 0) is 53.6 Å². The first-order chi connectivity index (χ1) is 20.8. The molecule has 1 fully saturated rings. The van der Waals surface area contributed by atoms with Crippen LogP contribution in [0.2, 0.25) is 5.02 Å². The topological polar surface area (TPSA) is 128 Å². The maximum Gasteiger partial charge on any atom is 0.337 e. The number of aliphatic hydroxyl groups excluding tert-OH is 1. The van der Waals surface area contributed by atoms with E-state index in [0.29, 0.717) is 45.4 Å². The largest absolute Gasteiger partial charge is 0.507 e. The van der Waals surface area contributed by atoms with Crippen molar-refractivity contribution in [2.75, 3.05) is 25.2 Å². The molecular weight excluding hydrogens is 614 g/mol. The first-order valence-electron chi connectivity index (χ1n) is 12.9. The summed E-state index contributed by atoms with van der Waals surface area (Å²) in [6, 6.07) is 17.4. The number of esters is 1. The number of fused-ring (bicyclic) bond motifs is 1. The second-order valence-electron chi connectivity index (χ2n) is 9.41. The number of ether oxygens (including phenoxy) is 3. The second-order valence-corrected chi connectivity index (χ2v) is 12.0. The number of anilines is 1. The fraction of sp³-hybridized carbons (Fsp3) is 0.167. The monoisotopic (exact) mass is 635 g/mol. The lowest BCUT2D eigenvalue weighted by molar-refractivity contribution is -0.132. The van der Waals surface area contributed by atoms with Gasteiger partial charge in [-0.25, -0.2) is 4.79 Å². The Balaban J connectivity index is 1.39. The summed E-state index contributed by atoms with van der Waals surface area (Å²) in [5.41, 5.74) is 1.91. The van der Waals surface area contributed by atoms with Gasteiger partial charge in [-0.3, -0.25) is 14.5 Å². The maximum absolute atomic E-state index is 13.5. The van der Waals surface area contributed by atoms with Gasteiger partial charge in [0.2, 0.25) is 5.13 Å². The van der Waals surface area contributed by atoms with Gasteiger partial charge >= 0.3 is 11.9 Å². The van der Waals surface area contributed by atoms with Gasteiger partial charge in [0.05, 0.1) is 24.3 Å². The van der Waals surface area contributed by atoms with Crippen molar-refractivity contribution >= 4 is 63.3 Å². The van der Waals surface area contributed by atoms with Crippen LogP contribution in [0.25, 0.3) is 5.76 Å². The highest BCUT2D eigenvalue weighted by atomic mass is 35.5. The number of carbonyl (C=O) groups excluding carboxylic acids is 3. The van der Waals surface area contributed by atoms with Gasteiger partial charge in [-0.1, -0.05) is 59.0 Å². The van der Waals surface area contributed by atoms with Crippen molar-refractivity contribution in [1.29, 1.82) is 0 Å². The van der Waals surface area contributed by atoms with Crippen molar-refractivity contribution < 1.29 is 33.7 Å². The number of benzene rings is 3. The molecule has 3 aromatic carbocycles. The molecule has 1 amide bonds. The van der Waals surface area contributed by atoms with Crippen LogP contribution in [0.15, 0.2) is 76.6 Å². The Kier molecular flexibility index (Phi) is 8.06. The zero-order valence-corrected chi connectivity index (χ0v) is 24.9. The van der Waals surface area contributed by atoms with Crippen molar-refractivity contribution in [2.24, 2.45) is 0 Å². The van der Waals surface area contributed by atoms with E-state index in [0.717, 1.165) is 16.9 Å². The van der Waals surface area contributed by atoms with Gasteiger partial charge in [0.1, 0.15) is 19.0 Å². The summed E-state index contributed by atoms with van der Waals surface area (Å²) in [5.74, 6) is -1.17. The molecule has 1 unspecified atom stereocenters. The van der Waals surface area contributed by atoms with Crippen LogP contribution in [0.4, 0.5) is 5.13 Å². The molecule has 218 valence electrons. The first-order valence-corrected chi connectivity index (χ1v) is 15.1. The number of hydrogen-bond acceptors (Lipinski definition) is 11. The SMILES string of the molecule is COC(=O)c1ccc(C2/C(=C(/O)c3ccc4c(c3)OCCO4)C(=O)C(=O)N2c2nnc(SCc3ccc(Cl)cc3)s2)cc1. The Hall–Kier alpha value is -4.39. The van der Waals surface area contributed by atoms with Crippen LogP contribution in [0, 0.1) is 0 Å². The average molecular weight is 636 g/mol. The zero-order chi connectivity index (χ0) is 30.1. The standard InChI is InChI=1S/C30H22ClN3O7S2/c1-39-28(38)18-6-4-17(5-7-18)24-23(25(35)19-8-11-21-22(14-19)41-13-12-40-21)26(36)27(37)34(24)29-32-33-30(43-29)42-15-16-2-9-20(31)10-3-16/h2-11,14,24,35H,12-13,15H2,1H3/b25-23-. The van der Waals surface area contributed by atoms with Gasteiger partial charge in [-0.2, -0.15) is 0 Å². The second kappa shape index (κ2) is 12.1. The molecular formula is C30H22ClN3O7S2. The number of carbonyl (C=O) groups is 3. The average Bonchev–Trinajstić information content (AvgIpc) is 3.61. The van der Waals surface area contributed by atoms with Crippen LogP contribution in [0.3, 0.4) is 0 Å². The van der Waals surface area contributed by atoms with Crippen LogP contribution < -0.4 is 14.4 Å². The molecule has 1 N–H and O–H groups in total. The summed E-state index contributed by atoms with van der Waals surface area (Å²) < 4.78 is 16.6. The molecule has 4 aromatic rings. The molecule has 1 atom stereocenters. The number of halogens is 1. The van der Waals surface area contributed by atoms with Crippen LogP contribution >= 0.6 is 34.7 Å². The summed E-state index contributed by atoms with van der Waals surface area (Å²) in [6.07, 6.45) is 0. The number of rotatable bonds is 7. The molecule has 6 rings (SSSR count). The van der Waals surface area contributed by atoms with E-state index >= 15 is 0 Å². The lowest BCUT2D eigenvalue weighted by Gasteiger charge is -2.23. The molecule has 0 aliphatic carbocycles. The fourth-order valence-corrected chi connectivity index (χ4v) is 6.64. The number of nitrogens with zero attached hydrogens (tertiary/aromatic N) is 3. The molecule has 3 heterocycles. The molecule has 43 heavy (non-hydrogen) atoms. The minimum atomic E-state index is -1.05. The van der Waals surface area contributed by atoms with Crippen molar-refractivity contribution in [2.45, 2.75) is 16.1 Å². The van der Waals surface area contributed by atoms with Gasteiger partial charge < -0.3 is 19.3 Å². The molecule has 1 saturated heterocycles. The highest BCUT2D eigenvalue weighted by Gasteiger charge is 2.48. The molecule has 2 aliphatic heterocycles. The summed E-state index contributed by atoms with van der Waals surface area (Å²) in [5, 5.41) is 20.8. The molecule has 0 saturated carbocycles. The van der Waals surface area contributed by atoms with Crippen LogP contribution in [0.1, 0.15) is 33.1 Å². The van der Waals surface area contributed by atoms with Gasteiger partial charge in [0.15, 0.2) is 15.8 Å². The van der Waals surface area contributed by atoms with E-state index in [1.165, 1.54) is 35.9 Å². The van der Waals surface area contributed by atoms with Crippen molar-refractivity contribution in [3.8, 4) is 11.5 Å². The number of aromatic nitrogens is 2. The molecule has 0 radical (unpaired) electrons. The number of Topliss-reactive ketones (excluding diaryl/α,β-unsaturated/α-hetero) is 1. The predicted molar refractivity (Wildman–Crippen MR) is 161 cm³/mol. The Morgan fingerprint density at radius 2 is 1.72 bits per heavy atom. The number of aliphatic hydroxyl groups is 1. The number of hydrogen-bond donors (Lipinski definition) is 1. The normalized spacial score (nSPS) is 17.3. The Morgan fingerprint density at radius 1 is 1.02 bits per heavy atom. The van der Waals surface area contributed by atoms with Crippen molar-refractivity contribution in [3.63, 3.8) is 0 Å². The molecule has 0 spiro atoms. The van der Waals surface area contributed by atoms with E-state index in [9.17, 15) is 19.5 Å². The van der Waals surface area contributed by atoms with Gasteiger partial charge in [0, 0.05) is 16.3 Å². The third-order valence-corrected chi connectivity index (χ3v) is 9.16. The van der Waals surface area contributed by atoms with E-state index in [1.54, 1.807) is 42.5 Å². The Morgan fingerprint density at radius 3 is 2.44 bits per heavy atom. The van der Waals surface area contributed by atoms with Crippen molar-refractivity contribution in [3.05, 3.63) is 99.6 Å². The van der Waals surface area contributed by atoms with Crippen LogP contribution in [-0.2, 0) is 20.1 Å². The summed E-state index contributed by atoms with van der Waals surface area (Å²) >= 11 is 8.55. The summed E-state index contributed by atoms with van der Waals surface area (Å²) in [7, 11) is 1.27. The van der Waals surface area contributed by atoms with E-state index in [-0.39, 0.29) is 27.6 Å². The molecule has 13 heteroatoms. The molecule has 0 bridgehead atoms. The van der Waals surface area contributed by atoms with E-state index < -0.39 is 23.7 Å². The highest BCUT2D eigenvalue weighted by molar-refractivity contribution is 8.00. The van der Waals surface area contributed by atoms with Crippen LogP contribution in [0.5, 0.6) is 11.5 Å². The van der Waals surface area contributed by atoms with E-state index in [4.69, 9.17) is 25.8 Å². The Labute approximate surface area is 258 Å². The smallest absolute Gasteiger partial charge is 0.337 e. The quantitative estimate of drug-likeness (QED) is 0.0677. The number of thioether (sulfide) groups is 1. The lowest BCUT2D eigenvalue weighted by Crippen LogP contribution is -2.29. The minimum Gasteiger partial charge on any atom is -0.507 e. The van der Waals surface area contributed by atoms with Gasteiger partial charge in [-0.15, -0.1) is 10.2 Å². The number of ketones is 1. The third-order valence-electron chi connectivity index (χ3n) is 6.79. The lowest BCUT2D eigenvalue weighted by atomic mass is 9.94. The fourth-order valence-electron chi connectivity index (χ4n) is 4.69. The summed E-state index contributed by atoms with van der Waals surface area (Å²) in [6.45, 7) is 0.733. The van der Waals surface area contributed by atoms with Crippen molar-refractivity contribution in [1.82, 2.24) is 10.2 Å². The third kappa shape index (κ3) is 5.68. The summed E-state index contributed by atoms with van der Waals surface area (Å²) in [4.78, 5) is 40.4.